The Morgan fingerprint density at radius 3 is 2.79 bits per heavy atom. The molecule has 2 heterocycles. The number of hydrogen-bond donors (Lipinski definition) is 3. The van der Waals surface area contributed by atoms with Crippen LogP contribution in [0.5, 0.6) is 0 Å². The van der Waals surface area contributed by atoms with Crippen LogP contribution in [0.15, 0.2) is 41.9 Å². The van der Waals surface area contributed by atoms with Crippen LogP contribution in [-0.4, -0.2) is 27.8 Å². The smallest absolute Gasteiger partial charge is 0.320 e. The van der Waals surface area contributed by atoms with Crippen LogP contribution in [0.1, 0.15) is 11.3 Å². The zero-order valence-electron chi connectivity index (χ0n) is 13.4. The molecule has 0 atom stereocenters. The Labute approximate surface area is 143 Å². The van der Waals surface area contributed by atoms with E-state index in [0.29, 0.717) is 12.4 Å². The van der Waals surface area contributed by atoms with Gasteiger partial charge in [-0.2, -0.15) is 0 Å². The number of thiazole rings is 1. The number of anilines is 2. The summed E-state index contributed by atoms with van der Waals surface area (Å²) in [6, 6.07) is 9.44. The lowest BCUT2D eigenvalue weighted by Gasteiger charge is -2.05. The van der Waals surface area contributed by atoms with E-state index in [0.717, 1.165) is 22.1 Å². The van der Waals surface area contributed by atoms with Crippen molar-refractivity contribution in [1.29, 1.82) is 0 Å². The van der Waals surface area contributed by atoms with E-state index in [4.69, 9.17) is 0 Å². The van der Waals surface area contributed by atoms with Crippen molar-refractivity contribution in [3.05, 3.63) is 53.2 Å². The maximum atomic E-state index is 12.0. The molecule has 1 aromatic carbocycles. The molecule has 3 aromatic rings. The second kappa shape index (κ2) is 7.14. The third kappa shape index (κ3) is 3.72. The van der Waals surface area contributed by atoms with Gasteiger partial charge in [-0.3, -0.25) is 5.32 Å². The Morgan fingerprint density at radius 2 is 2.08 bits per heavy atom. The fourth-order valence-corrected chi connectivity index (χ4v) is 2.79. The molecule has 0 bridgehead atoms. The van der Waals surface area contributed by atoms with E-state index in [1.807, 2.05) is 55.9 Å². The molecule has 3 rings (SSSR count). The van der Waals surface area contributed by atoms with Crippen molar-refractivity contribution >= 4 is 28.3 Å². The van der Waals surface area contributed by atoms with Crippen molar-refractivity contribution in [3.63, 3.8) is 0 Å². The summed E-state index contributed by atoms with van der Waals surface area (Å²) >= 11 is 1.50. The van der Waals surface area contributed by atoms with Gasteiger partial charge < -0.3 is 10.6 Å². The molecular formula is C16H18N6OS. The monoisotopic (exact) mass is 342 g/mol. The molecule has 8 heteroatoms. The lowest BCUT2D eigenvalue weighted by molar-refractivity contribution is 0.251. The van der Waals surface area contributed by atoms with E-state index in [2.05, 4.69) is 26.0 Å². The topological polar surface area (TPSA) is 83.9 Å². The third-order valence-corrected chi connectivity index (χ3v) is 4.25. The van der Waals surface area contributed by atoms with Gasteiger partial charge in [-0.15, -0.1) is 16.4 Å². The lowest BCUT2D eigenvalue weighted by atomic mass is 10.3. The molecule has 0 radical (unpaired) electrons. The molecule has 0 aliphatic carbocycles. The number of para-hydroxylation sites is 1. The summed E-state index contributed by atoms with van der Waals surface area (Å²) in [6.07, 6.45) is 1.88. The first-order chi connectivity index (χ1) is 11.7. The molecule has 0 saturated carbocycles. The third-order valence-electron chi connectivity index (χ3n) is 3.35. The van der Waals surface area contributed by atoms with Gasteiger partial charge in [0.05, 0.1) is 17.9 Å². The first-order valence-corrected chi connectivity index (χ1v) is 8.32. The minimum Gasteiger partial charge on any atom is -0.365 e. The largest absolute Gasteiger partial charge is 0.365 e. The molecule has 7 nitrogen and oxygen atoms in total. The van der Waals surface area contributed by atoms with Gasteiger partial charge in [0.15, 0.2) is 10.9 Å². The first-order valence-electron chi connectivity index (χ1n) is 7.44. The van der Waals surface area contributed by atoms with Crippen molar-refractivity contribution in [2.45, 2.75) is 13.5 Å². The number of hydrogen-bond acceptors (Lipinski definition) is 5. The van der Waals surface area contributed by atoms with Crippen LogP contribution in [0.2, 0.25) is 0 Å². The van der Waals surface area contributed by atoms with Gasteiger partial charge in [-0.1, -0.05) is 18.2 Å². The van der Waals surface area contributed by atoms with Crippen molar-refractivity contribution < 1.29 is 4.79 Å². The minimum atomic E-state index is -0.310. The molecule has 2 amide bonds. The standard InChI is InChI=1S/C16H18N6OS/c1-11-9-22(13-6-4-3-5-7-13)21-14(11)20-15(23)18-8-12-10-24-16(17-2)19-12/h3-7,9-10H,8H2,1-2H3,(H,17,19)(H2,18,20,21,23). The van der Waals surface area contributed by atoms with Crippen LogP contribution in [0.3, 0.4) is 0 Å². The number of nitrogens with one attached hydrogen (secondary N) is 3. The van der Waals surface area contributed by atoms with Crippen molar-refractivity contribution in [2.24, 2.45) is 0 Å². The maximum Gasteiger partial charge on any atom is 0.320 e. The molecule has 124 valence electrons. The highest BCUT2D eigenvalue weighted by atomic mass is 32.1. The van der Waals surface area contributed by atoms with Crippen LogP contribution >= 0.6 is 11.3 Å². The number of amides is 2. The highest BCUT2D eigenvalue weighted by Crippen LogP contribution is 2.16. The van der Waals surface area contributed by atoms with Crippen molar-refractivity contribution in [1.82, 2.24) is 20.1 Å². The predicted octanol–water partition coefficient (Wildman–Crippen LogP) is 3.00. The fraction of sp³-hybridized carbons (Fsp3) is 0.188. The molecule has 3 N–H and O–H groups in total. The maximum absolute atomic E-state index is 12.0. The summed E-state index contributed by atoms with van der Waals surface area (Å²) in [4.78, 5) is 16.4. The summed E-state index contributed by atoms with van der Waals surface area (Å²) in [5, 5.41) is 15.7. The second-order valence-electron chi connectivity index (χ2n) is 5.14. The highest BCUT2D eigenvalue weighted by Gasteiger charge is 2.10. The van der Waals surface area contributed by atoms with Gasteiger partial charge in [0.2, 0.25) is 0 Å². The zero-order valence-corrected chi connectivity index (χ0v) is 14.2. The summed E-state index contributed by atoms with van der Waals surface area (Å²) < 4.78 is 1.74. The molecule has 0 unspecified atom stereocenters. The Bertz CT molecular complexity index is 826. The predicted molar refractivity (Wildman–Crippen MR) is 95.8 cm³/mol. The lowest BCUT2D eigenvalue weighted by Crippen LogP contribution is -2.28. The van der Waals surface area contributed by atoms with Gasteiger partial charge >= 0.3 is 6.03 Å². The van der Waals surface area contributed by atoms with E-state index in [-0.39, 0.29) is 6.03 Å². The summed E-state index contributed by atoms with van der Waals surface area (Å²) in [7, 11) is 1.81. The quantitative estimate of drug-likeness (QED) is 0.665. The number of rotatable bonds is 5. The average Bonchev–Trinajstić information content (AvgIpc) is 3.21. The zero-order chi connectivity index (χ0) is 16.9. The molecule has 0 aliphatic rings. The SMILES string of the molecule is CNc1nc(CNC(=O)Nc2nn(-c3ccccc3)cc2C)cs1. The molecule has 24 heavy (non-hydrogen) atoms. The molecule has 2 aromatic heterocycles. The number of aryl methyl sites for hydroxylation is 1. The number of benzene rings is 1. The van der Waals surface area contributed by atoms with Gasteiger partial charge in [0, 0.05) is 24.2 Å². The second-order valence-corrected chi connectivity index (χ2v) is 6.00. The summed E-state index contributed by atoms with van der Waals surface area (Å²) in [5.74, 6) is 0.533. The van der Waals surface area contributed by atoms with Crippen LogP contribution in [0, 0.1) is 6.92 Å². The Hall–Kier alpha value is -2.87. The normalized spacial score (nSPS) is 10.4. The summed E-state index contributed by atoms with van der Waals surface area (Å²) in [6.45, 7) is 2.27. The minimum absolute atomic E-state index is 0.310. The van der Waals surface area contributed by atoms with E-state index in [9.17, 15) is 4.79 Å². The Morgan fingerprint density at radius 1 is 1.29 bits per heavy atom. The molecule has 0 spiro atoms. The van der Waals surface area contributed by atoms with Gasteiger partial charge in [-0.25, -0.2) is 14.5 Å². The Balaban J connectivity index is 1.61. The average molecular weight is 342 g/mol. The van der Waals surface area contributed by atoms with Crippen LogP contribution in [0.4, 0.5) is 15.7 Å². The van der Waals surface area contributed by atoms with Crippen molar-refractivity contribution in [3.8, 4) is 5.69 Å². The van der Waals surface area contributed by atoms with Crippen LogP contribution in [-0.2, 0) is 6.54 Å². The molecular weight excluding hydrogens is 324 g/mol. The molecule has 0 saturated heterocycles. The fourth-order valence-electron chi connectivity index (χ4n) is 2.12. The Kier molecular flexibility index (Phi) is 4.76. The van der Waals surface area contributed by atoms with E-state index in [1.54, 1.807) is 4.68 Å². The van der Waals surface area contributed by atoms with Gasteiger partial charge in [0.25, 0.3) is 0 Å². The highest BCUT2D eigenvalue weighted by molar-refractivity contribution is 7.13. The number of urea groups is 1. The number of nitrogens with zero attached hydrogens (tertiary/aromatic N) is 3. The van der Waals surface area contributed by atoms with Crippen LogP contribution < -0.4 is 16.0 Å². The number of aromatic nitrogens is 3. The molecule has 0 aliphatic heterocycles. The van der Waals surface area contributed by atoms with Crippen LogP contribution in [0.25, 0.3) is 5.69 Å². The van der Waals surface area contributed by atoms with Crippen molar-refractivity contribution in [2.75, 3.05) is 17.7 Å². The van der Waals surface area contributed by atoms with Gasteiger partial charge in [-0.05, 0) is 19.1 Å². The molecule has 0 fully saturated rings. The van der Waals surface area contributed by atoms with E-state index >= 15 is 0 Å². The van der Waals surface area contributed by atoms with E-state index in [1.165, 1.54) is 11.3 Å². The summed E-state index contributed by atoms with van der Waals surface area (Å²) in [5.41, 5.74) is 2.64. The van der Waals surface area contributed by atoms with Gasteiger partial charge in [0.1, 0.15) is 0 Å². The number of carbonyl (C=O) groups excluding carboxylic acids is 1. The first kappa shape index (κ1) is 16.0. The number of carbonyl (C=O) groups is 1. The van der Waals surface area contributed by atoms with E-state index < -0.39 is 0 Å².